The van der Waals surface area contributed by atoms with Crippen molar-refractivity contribution >= 4 is 29.5 Å². The van der Waals surface area contributed by atoms with Crippen LogP contribution in [0.3, 0.4) is 0 Å². The van der Waals surface area contributed by atoms with E-state index in [0.717, 1.165) is 17.4 Å². The first kappa shape index (κ1) is 12.8. The molecule has 0 saturated carbocycles. The highest BCUT2D eigenvalue weighted by atomic mass is 32.2. The molecule has 0 spiro atoms. The quantitative estimate of drug-likeness (QED) is 0.833. The SMILES string of the molecule is Cc1cn(CC2CCCS2)c(SCC(=O)O)n1. The topological polar surface area (TPSA) is 55.1 Å². The third-order valence-corrected chi connectivity index (χ3v) is 4.97. The highest BCUT2D eigenvalue weighted by molar-refractivity contribution is 8.00. The van der Waals surface area contributed by atoms with Crippen LogP contribution in [0.1, 0.15) is 18.5 Å². The van der Waals surface area contributed by atoms with E-state index < -0.39 is 5.97 Å². The zero-order valence-electron chi connectivity index (χ0n) is 9.76. The number of nitrogens with zero attached hydrogens (tertiary/aromatic N) is 2. The van der Waals surface area contributed by atoms with Crippen LogP contribution in [0.25, 0.3) is 0 Å². The summed E-state index contributed by atoms with van der Waals surface area (Å²) in [4.78, 5) is 15.0. The minimum atomic E-state index is -0.794. The molecule has 94 valence electrons. The summed E-state index contributed by atoms with van der Waals surface area (Å²) >= 11 is 3.31. The Balaban J connectivity index is 2.01. The molecule has 1 aromatic rings. The van der Waals surface area contributed by atoms with E-state index in [-0.39, 0.29) is 5.75 Å². The molecule has 1 unspecified atom stereocenters. The van der Waals surface area contributed by atoms with E-state index in [2.05, 4.69) is 9.55 Å². The van der Waals surface area contributed by atoms with Crippen LogP contribution in [0.5, 0.6) is 0 Å². The number of hydrogen-bond donors (Lipinski definition) is 1. The number of carbonyl (C=O) groups is 1. The maximum Gasteiger partial charge on any atom is 0.313 e. The van der Waals surface area contributed by atoms with Gasteiger partial charge >= 0.3 is 5.97 Å². The van der Waals surface area contributed by atoms with Crippen LogP contribution in [0.15, 0.2) is 11.4 Å². The molecule has 0 amide bonds. The molecule has 0 radical (unpaired) electrons. The number of aryl methyl sites for hydroxylation is 1. The Bertz CT molecular complexity index is 400. The summed E-state index contributed by atoms with van der Waals surface area (Å²) in [6.45, 7) is 2.90. The zero-order valence-corrected chi connectivity index (χ0v) is 11.4. The summed E-state index contributed by atoms with van der Waals surface area (Å²) in [5.74, 6) is 0.530. The molecule has 1 fully saturated rings. The van der Waals surface area contributed by atoms with Gasteiger partial charge in [-0.1, -0.05) is 11.8 Å². The van der Waals surface area contributed by atoms with Gasteiger partial charge in [0, 0.05) is 18.0 Å². The molecule has 2 heterocycles. The lowest BCUT2D eigenvalue weighted by molar-refractivity contribution is -0.133. The van der Waals surface area contributed by atoms with Gasteiger partial charge < -0.3 is 9.67 Å². The molecular weight excluding hydrogens is 256 g/mol. The van der Waals surface area contributed by atoms with Gasteiger partial charge in [-0.25, -0.2) is 4.98 Å². The summed E-state index contributed by atoms with van der Waals surface area (Å²) in [5, 5.41) is 10.2. The summed E-state index contributed by atoms with van der Waals surface area (Å²) in [7, 11) is 0. The van der Waals surface area contributed by atoms with E-state index in [1.165, 1.54) is 30.4 Å². The minimum absolute atomic E-state index is 0.0776. The van der Waals surface area contributed by atoms with Crippen molar-refractivity contribution in [2.75, 3.05) is 11.5 Å². The predicted molar refractivity (Wildman–Crippen MR) is 70.8 cm³/mol. The molecule has 6 heteroatoms. The Morgan fingerprint density at radius 3 is 3.24 bits per heavy atom. The molecule has 1 saturated heterocycles. The normalized spacial score (nSPS) is 19.7. The van der Waals surface area contributed by atoms with Gasteiger partial charge in [-0.15, -0.1) is 0 Å². The first-order valence-corrected chi connectivity index (χ1v) is 7.68. The average Bonchev–Trinajstić information content (AvgIpc) is 2.86. The number of carboxylic acids is 1. The van der Waals surface area contributed by atoms with E-state index in [0.29, 0.717) is 5.25 Å². The van der Waals surface area contributed by atoms with Gasteiger partial charge in [0.1, 0.15) is 0 Å². The molecule has 1 aliphatic heterocycles. The maximum absolute atomic E-state index is 10.6. The van der Waals surface area contributed by atoms with Crippen LogP contribution in [0.4, 0.5) is 0 Å². The number of aromatic nitrogens is 2. The third kappa shape index (κ3) is 3.67. The smallest absolute Gasteiger partial charge is 0.313 e. The van der Waals surface area contributed by atoms with E-state index >= 15 is 0 Å². The van der Waals surface area contributed by atoms with Crippen molar-refractivity contribution in [1.82, 2.24) is 9.55 Å². The fourth-order valence-electron chi connectivity index (χ4n) is 1.90. The molecule has 1 aliphatic rings. The van der Waals surface area contributed by atoms with E-state index in [4.69, 9.17) is 5.11 Å². The van der Waals surface area contributed by atoms with Crippen LogP contribution in [-0.2, 0) is 11.3 Å². The largest absolute Gasteiger partial charge is 0.481 e. The Morgan fingerprint density at radius 1 is 1.76 bits per heavy atom. The fourth-order valence-corrected chi connectivity index (χ4v) is 3.92. The summed E-state index contributed by atoms with van der Waals surface area (Å²) in [5.41, 5.74) is 0.959. The molecule has 0 aromatic carbocycles. The third-order valence-electron chi connectivity index (χ3n) is 2.61. The van der Waals surface area contributed by atoms with Gasteiger partial charge in [-0.3, -0.25) is 4.79 Å². The lowest BCUT2D eigenvalue weighted by atomic mass is 10.2. The van der Waals surface area contributed by atoms with Crippen LogP contribution >= 0.6 is 23.5 Å². The van der Waals surface area contributed by atoms with Crippen molar-refractivity contribution in [2.24, 2.45) is 0 Å². The summed E-state index contributed by atoms with van der Waals surface area (Å²) in [6, 6.07) is 0. The standard InChI is InChI=1S/C11H16N2O2S2/c1-8-5-13(6-9-3-2-4-16-9)11(12-8)17-7-10(14)15/h5,9H,2-4,6-7H2,1H3,(H,14,15). The van der Waals surface area contributed by atoms with Crippen LogP contribution in [0, 0.1) is 6.92 Å². The highest BCUT2D eigenvalue weighted by Crippen LogP contribution is 2.29. The zero-order chi connectivity index (χ0) is 12.3. The van der Waals surface area contributed by atoms with E-state index in [1.807, 2.05) is 24.9 Å². The van der Waals surface area contributed by atoms with Crippen molar-refractivity contribution in [2.45, 2.75) is 36.7 Å². The number of thioether (sulfide) groups is 2. The minimum Gasteiger partial charge on any atom is -0.481 e. The van der Waals surface area contributed by atoms with Crippen molar-refractivity contribution in [1.29, 1.82) is 0 Å². The fraction of sp³-hybridized carbons (Fsp3) is 0.636. The second-order valence-electron chi connectivity index (χ2n) is 4.13. The van der Waals surface area contributed by atoms with Gasteiger partial charge in [0.15, 0.2) is 5.16 Å². The second-order valence-corrected chi connectivity index (χ2v) is 6.49. The van der Waals surface area contributed by atoms with Crippen LogP contribution in [0.2, 0.25) is 0 Å². The monoisotopic (exact) mass is 272 g/mol. The van der Waals surface area contributed by atoms with E-state index in [1.54, 1.807) is 0 Å². The van der Waals surface area contributed by atoms with Gasteiger partial charge in [0.25, 0.3) is 0 Å². The van der Waals surface area contributed by atoms with Crippen molar-refractivity contribution in [3.63, 3.8) is 0 Å². The Morgan fingerprint density at radius 2 is 2.59 bits per heavy atom. The molecule has 2 rings (SSSR count). The second kappa shape index (κ2) is 5.82. The molecular formula is C11H16N2O2S2. The van der Waals surface area contributed by atoms with Crippen molar-refractivity contribution in [3.8, 4) is 0 Å². The predicted octanol–water partition coefficient (Wildman–Crippen LogP) is 2.26. The molecule has 1 aromatic heterocycles. The van der Waals surface area contributed by atoms with Crippen LogP contribution < -0.4 is 0 Å². The Kier molecular flexibility index (Phi) is 4.39. The van der Waals surface area contributed by atoms with Crippen LogP contribution in [-0.4, -0.2) is 37.4 Å². The lowest BCUT2D eigenvalue weighted by Crippen LogP contribution is -2.10. The van der Waals surface area contributed by atoms with Crippen molar-refractivity contribution < 1.29 is 9.90 Å². The Hall–Kier alpha value is -0.620. The first-order valence-electron chi connectivity index (χ1n) is 5.65. The van der Waals surface area contributed by atoms with Gasteiger partial charge in [0.05, 0.1) is 11.4 Å². The average molecular weight is 272 g/mol. The number of imidazole rings is 1. The highest BCUT2D eigenvalue weighted by Gasteiger charge is 2.18. The lowest BCUT2D eigenvalue weighted by Gasteiger charge is -2.11. The van der Waals surface area contributed by atoms with Gasteiger partial charge in [-0.05, 0) is 25.5 Å². The molecule has 1 N–H and O–H groups in total. The van der Waals surface area contributed by atoms with Crippen molar-refractivity contribution in [3.05, 3.63) is 11.9 Å². The Labute approximate surface area is 109 Å². The molecule has 1 atom stereocenters. The number of carboxylic acid groups (broad SMARTS) is 1. The number of aliphatic carboxylic acids is 1. The molecule has 0 aliphatic carbocycles. The van der Waals surface area contributed by atoms with Gasteiger partial charge in [0.2, 0.25) is 0 Å². The van der Waals surface area contributed by atoms with E-state index in [9.17, 15) is 4.79 Å². The molecule has 0 bridgehead atoms. The first-order chi connectivity index (χ1) is 8.15. The number of hydrogen-bond acceptors (Lipinski definition) is 4. The number of rotatable bonds is 5. The molecule has 4 nitrogen and oxygen atoms in total. The van der Waals surface area contributed by atoms with Gasteiger partial charge in [-0.2, -0.15) is 11.8 Å². The summed E-state index contributed by atoms with van der Waals surface area (Å²) in [6.07, 6.45) is 4.56. The summed E-state index contributed by atoms with van der Waals surface area (Å²) < 4.78 is 2.10. The maximum atomic E-state index is 10.6. The molecule has 17 heavy (non-hydrogen) atoms.